The quantitative estimate of drug-likeness (QED) is 0.549. The normalized spacial score (nSPS) is 11.0. The van der Waals surface area contributed by atoms with Crippen molar-refractivity contribution in [3.63, 3.8) is 0 Å². The van der Waals surface area contributed by atoms with Crippen molar-refractivity contribution in [2.75, 3.05) is 12.5 Å². The summed E-state index contributed by atoms with van der Waals surface area (Å²) in [6.07, 6.45) is 0. The van der Waals surface area contributed by atoms with Gasteiger partial charge in [-0.1, -0.05) is 0 Å². The molecule has 0 atom stereocenters. The maximum absolute atomic E-state index is 13.0. The van der Waals surface area contributed by atoms with E-state index >= 15 is 0 Å². The largest absolute Gasteiger partial charge is 0.497 e. The molecule has 0 bridgehead atoms. The molecule has 0 aliphatic heterocycles. The predicted octanol–water partition coefficient (Wildman–Crippen LogP) is 4.30. The lowest BCUT2D eigenvalue weighted by Crippen LogP contribution is -2.01. The number of rotatable bonds is 5. The van der Waals surface area contributed by atoms with Gasteiger partial charge in [0.2, 0.25) is 0 Å². The molecule has 1 heterocycles. The number of anilines is 1. The van der Waals surface area contributed by atoms with E-state index in [1.807, 2.05) is 11.4 Å². The molecule has 0 spiro atoms. The number of hydrazone groups is 1. The van der Waals surface area contributed by atoms with Crippen LogP contribution >= 0.6 is 11.3 Å². The van der Waals surface area contributed by atoms with E-state index in [9.17, 15) is 9.65 Å². The number of halogens is 1. The molecule has 0 unspecified atom stereocenters. The van der Waals surface area contributed by atoms with Gasteiger partial charge in [-0.25, -0.2) is 9.37 Å². The van der Waals surface area contributed by atoms with Gasteiger partial charge in [0.25, 0.3) is 0 Å². The van der Waals surface area contributed by atoms with Gasteiger partial charge in [0.05, 0.1) is 18.5 Å². The highest BCUT2D eigenvalue weighted by atomic mass is 32.1. The number of benzene rings is 2. The maximum Gasteiger partial charge on any atom is 0.196 e. The van der Waals surface area contributed by atoms with Crippen LogP contribution in [0, 0.1) is 17.1 Å². The first kappa shape index (κ1) is 16.6. The molecule has 0 aliphatic carbocycles. The highest BCUT2D eigenvalue weighted by molar-refractivity contribution is 7.12. The van der Waals surface area contributed by atoms with Gasteiger partial charge in [0.15, 0.2) is 10.7 Å². The second-order valence-electron chi connectivity index (χ2n) is 4.96. The summed E-state index contributed by atoms with van der Waals surface area (Å²) in [5.74, 6) is 0.432. The highest BCUT2D eigenvalue weighted by Crippen LogP contribution is 2.23. The molecule has 1 N–H and O–H groups in total. The fraction of sp³-hybridized carbons (Fsp3) is 0.0556. The van der Waals surface area contributed by atoms with E-state index in [1.165, 1.54) is 23.5 Å². The van der Waals surface area contributed by atoms with Crippen LogP contribution < -0.4 is 10.2 Å². The first-order chi connectivity index (χ1) is 12.2. The molecule has 1 aromatic heterocycles. The van der Waals surface area contributed by atoms with E-state index < -0.39 is 0 Å². The molecular formula is C18H13FN4OS. The van der Waals surface area contributed by atoms with Crippen molar-refractivity contribution < 1.29 is 9.13 Å². The number of thiazole rings is 1. The third kappa shape index (κ3) is 4.00. The minimum absolute atomic E-state index is 0.175. The summed E-state index contributed by atoms with van der Waals surface area (Å²) in [5.41, 5.74) is 5.19. The SMILES string of the molecule is COc1ccc(N/N=C(\C#N)c2nc(-c3ccc(F)cc3)cs2)cc1. The van der Waals surface area contributed by atoms with Crippen LogP contribution in [0.3, 0.4) is 0 Å². The number of hydrogen-bond donors (Lipinski definition) is 1. The van der Waals surface area contributed by atoms with Crippen LogP contribution in [0.15, 0.2) is 59.0 Å². The summed E-state index contributed by atoms with van der Waals surface area (Å²) in [6.45, 7) is 0. The summed E-state index contributed by atoms with van der Waals surface area (Å²) in [4.78, 5) is 4.40. The van der Waals surface area contributed by atoms with Crippen LogP contribution in [0.1, 0.15) is 5.01 Å². The maximum atomic E-state index is 13.0. The molecule has 0 amide bonds. The predicted molar refractivity (Wildman–Crippen MR) is 96.3 cm³/mol. The number of ether oxygens (including phenoxy) is 1. The molecule has 0 saturated heterocycles. The van der Waals surface area contributed by atoms with Crippen molar-refractivity contribution >= 4 is 22.7 Å². The molecule has 0 saturated carbocycles. The Kier molecular flexibility index (Phi) is 5.02. The smallest absolute Gasteiger partial charge is 0.196 e. The molecule has 25 heavy (non-hydrogen) atoms. The van der Waals surface area contributed by atoms with Crippen molar-refractivity contribution in [3.05, 3.63) is 64.7 Å². The van der Waals surface area contributed by atoms with E-state index in [-0.39, 0.29) is 11.5 Å². The van der Waals surface area contributed by atoms with Crippen LogP contribution in [-0.2, 0) is 0 Å². The molecule has 0 radical (unpaired) electrons. The Morgan fingerprint density at radius 1 is 1.20 bits per heavy atom. The second-order valence-corrected chi connectivity index (χ2v) is 5.82. The number of hydrogen-bond acceptors (Lipinski definition) is 6. The lowest BCUT2D eigenvalue weighted by molar-refractivity contribution is 0.415. The Labute approximate surface area is 148 Å². The molecule has 0 fully saturated rings. The van der Waals surface area contributed by atoms with Gasteiger partial charge >= 0.3 is 0 Å². The molecule has 3 aromatic rings. The fourth-order valence-electron chi connectivity index (χ4n) is 2.04. The van der Waals surface area contributed by atoms with E-state index in [0.717, 1.165) is 17.0 Å². The van der Waals surface area contributed by atoms with Gasteiger partial charge in [-0.05, 0) is 48.5 Å². The zero-order chi connectivity index (χ0) is 17.6. The van der Waals surface area contributed by atoms with Crippen molar-refractivity contribution in [1.82, 2.24) is 4.98 Å². The number of nitrogens with zero attached hydrogens (tertiary/aromatic N) is 3. The van der Waals surface area contributed by atoms with E-state index in [0.29, 0.717) is 10.7 Å². The molecular weight excluding hydrogens is 339 g/mol. The van der Waals surface area contributed by atoms with Crippen LogP contribution in [0.25, 0.3) is 11.3 Å². The first-order valence-corrected chi connectivity index (χ1v) is 8.17. The summed E-state index contributed by atoms with van der Waals surface area (Å²) < 4.78 is 18.1. The van der Waals surface area contributed by atoms with Gasteiger partial charge in [-0.3, -0.25) is 5.43 Å². The summed E-state index contributed by atoms with van der Waals surface area (Å²) in [6, 6.07) is 15.2. The average Bonchev–Trinajstić information content (AvgIpc) is 3.13. The lowest BCUT2D eigenvalue weighted by atomic mass is 10.2. The molecule has 3 rings (SSSR count). The number of methoxy groups -OCH3 is 1. The molecule has 124 valence electrons. The summed E-state index contributed by atoms with van der Waals surface area (Å²) in [7, 11) is 1.59. The molecule has 5 nitrogen and oxygen atoms in total. The average molecular weight is 352 g/mol. The van der Waals surface area contributed by atoms with Crippen molar-refractivity contribution in [2.45, 2.75) is 0 Å². The van der Waals surface area contributed by atoms with Crippen LogP contribution in [0.4, 0.5) is 10.1 Å². The van der Waals surface area contributed by atoms with Crippen molar-refractivity contribution in [3.8, 4) is 23.1 Å². The van der Waals surface area contributed by atoms with Crippen LogP contribution in [-0.4, -0.2) is 17.8 Å². The van der Waals surface area contributed by atoms with Gasteiger partial charge in [-0.15, -0.1) is 11.3 Å². The number of nitrogens with one attached hydrogen (secondary N) is 1. The van der Waals surface area contributed by atoms with E-state index in [4.69, 9.17) is 4.74 Å². The van der Waals surface area contributed by atoms with Crippen molar-refractivity contribution in [1.29, 1.82) is 5.26 Å². The monoisotopic (exact) mass is 352 g/mol. The third-order valence-corrected chi connectivity index (χ3v) is 4.19. The van der Waals surface area contributed by atoms with E-state index in [2.05, 4.69) is 15.5 Å². The Hall–Kier alpha value is -3.24. The number of aromatic nitrogens is 1. The number of nitriles is 1. The standard InChI is InChI=1S/C18H13FN4OS/c1-24-15-8-6-14(7-9-15)22-23-16(10-20)18-21-17(11-25-18)12-2-4-13(19)5-3-12/h2-9,11,22H,1H3/b23-16+. The Balaban J connectivity index is 1.78. The summed E-state index contributed by atoms with van der Waals surface area (Å²) >= 11 is 1.30. The Bertz CT molecular complexity index is 927. The minimum atomic E-state index is -0.304. The van der Waals surface area contributed by atoms with Gasteiger partial charge in [0, 0.05) is 10.9 Å². The Morgan fingerprint density at radius 3 is 2.56 bits per heavy atom. The van der Waals surface area contributed by atoms with Gasteiger partial charge < -0.3 is 4.74 Å². The zero-order valence-corrected chi connectivity index (χ0v) is 14.0. The van der Waals surface area contributed by atoms with E-state index in [1.54, 1.807) is 43.5 Å². The van der Waals surface area contributed by atoms with Gasteiger partial charge in [-0.2, -0.15) is 10.4 Å². The van der Waals surface area contributed by atoms with Crippen LogP contribution in [0.5, 0.6) is 5.75 Å². The fourth-order valence-corrected chi connectivity index (χ4v) is 2.81. The molecule has 2 aromatic carbocycles. The Morgan fingerprint density at radius 2 is 1.92 bits per heavy atom. The van der Waals surface area contributed by atoms with Gasteiger partial charge in [0.1, 0.15) is 17.6 Å². The molecule has 7 heteroatoms. The first-order valence-electron chi connectivity index (χ1n) is 7.29. The topological polar surface area (TPSA) is 70.3 Å². The highest BCUT2D eigenvalue weighted by Gasteiger charge is 2.10. The lowest BCUT2D eigenvalue weighted by Gasteiger charge is -2.02. The zero-order valence-electron chi connectivity index (χ0n) is 13.2. The third-order valence-electron chi connectivity index (χ3n) is 3.34. The van der Waals surface area contributed by atoms with Crippen molar-refractivity contribution in [2.24, 2.45) is 5.10 Å². The van der Waals surface area contributed by atoms with Crippen LogP contribution in [0.2, 0.25) is 0 Å². The summed E-state index contributed by atoms with van der Waals surface area (Å²) in [5, 5.41) is 15.7. The second kappa shape index (κ2) is 7.55. The minimum Gasteiger partial charge on any atom is -0.497 e. The molecule has 0 aliphatic rings.